The molecule has 4 rings (SSSR count). The van der Waals surface area contributed by atoms with E-state index in [4.69, 9.17) is 0 Å². The van der Waals surface area contributed by atoms with Crippen molar-refractivity contribution in [3.63, 3.8) is 0 Å². The lowest BCUT2D eigenvalue weighted by Crippen LogP contribution is -1.69. The van der Waals surface area contributed by atoms with Gasteiger partial charge < -0.3 is 0 Å². The molecule has 0 aliphatic carbocycles. The monoisotopic (exact) mass is 306 g/mol. The highest BCUT2D eigenvalue weighted by atomic mass is 32.1. The largest absolute Gasteiger partial charge is 0.134 e. The Kier molecular flexibility index (Phi) is 2.95. The van der Waals surface area contributed by atoms with Crippen molar-refractivity contribution in [3.8, 4) is 0 Å². The number of rotatable bonds is 2. The van der Waals surface area contributed by atoms with Gasteiger partial charge in [0.05, 0.1) is 9.40 Å². The van der Waals surface area contributed by atoms with Crippen LogP contribution in [-0.2, 0) is 0 Å². The second-order valence-corrected chi connectivity index (χ2v) is 7.18. The molecule has 0 aliphatic heterocycles. The summed E-state index contributed by atoms with van der Waals surface area (Å²) in [4.78, 5) is 0. The molecule has 0 saturated carbocycles. The van der Waals surface area contributed by atoms with Crippen molar-refractivity contribution in [2.45, 2.75) is 6.92 Å². The van der Waals surface area contributed by atoms with Gasteiger partial charge in [0.25, 0.3) is 0 Å². The molecule has 0 spiro atoms. The van der Waals surface area contributed by atoms with Crippen molar-refractivity contribution in [1.29, 1.82) is 0 Å². The summed E-state index contributed by atoms with van der Waals surface area (Å²) < 4.78 is 5.56. The first kappa shape index (κ1) is 12.8. The summed E-state index contributed by atoms with van der Waals surface area (Å²) in [6.45, 7) is 5.91. The zero-order valence-electron chi connectivity index (χ0n) is 11.7. The maximum atomic E-state index is 3.86. The third kappa shape index (κ3) is 1.95. The minimum Gasteiger partial charge on any atom is -0.134 e. The summed E-state index contributed by atoms with van der Waals surface area (Å²) in [7, 11) is 0. The van der Waals surface area contributed by atoms with Gasteiger partial charge in [0, 0.05) is 20.2 Å². The van der Waals surface area contributed by atoms with Gasteiger partial charge >= 0.3 is 0 Å². The smallest absolute Gasteiger partial charge is 0.0542 e. The van der Waals surface area contributed by atoms with Crippen LogP contribution in [0, 0.1) is 0 Å². The van der Waals surface area contributed by atoms with Gasteiger partial charge in [0.2, 0.25) is 0 Å². The minimum atomic E-state index is 1.19. The lowest BCUT2D eigenvalue weighted by atomic mass is 10.1. The summed E-state index contributed by atoms with van der Waals surface area (Å²) in [6.07, 6.45) is 6.15. The van der Waals surface area contributed by atoms with Crippen molar-refractivity contribution in [3.05, 3.63) is 60.2 Å². The highest BCUT2D eigenvalue weighted by Crippen LogP contribution is 2.44. The summed E-state index contributed by atoms with van der Waals surface area (Å²) in [5.41, 5.74) is 2.47. The molecule has 0 bridgehead atoms. The van der Waals surface area contributed by atoms with Crippen LogP contribution in [0.15, 0.2) is 49.1 Å². The van der Waals surface area contributed by atoms with Crippen LogP contribution in [0.4, 0.5) is 0 Å². The highest BCUT2D eigenvalue weighted by Gasteiger charge is 2.12. The fourth-order valence-corrected chi connectivity index (χ4v) is 5.46. The van der Waals surface area contributed by atoms with Gasteiger partial charge in [-0.1, -0.05) is 49.1 Å². The van der Waals surface area contributed by atoms with Crippen LogP contribution in [0.2, 0.25) is 0 Å². The fourth-order valence-electron chi connectivity index (χ4n) is 2.71. The molecule has 0 nitrogen and oxygen atoms in total. The maximum absolute atomic E-state index is 3.86. The van der Waals surface area contributed by atoms with E-state index in [0.717, 1.165) is 0 Å². The lowest BCUT2D eigenvalue weighted by molar-refractivity contribution is 1.72. The highest BCUT2D eigenvalue weighted by molar-refractivity contribution is 7.36. The van der Waals surface area contributed by atoms with E-state index in [9.17, 15) is 0 Å². The molecule has 0 amide bonds. The van der Waals surface area contributed by atoms with E-state index in [0.29, 0.717) is 0 Å². The standard InChI is InChI=1S/C19H14S2/c1-3-5-13-7-9-15-17(11-13)21-18-14-8-6-12(4-2)10-16(14)20-19(15)18/h3-11H,2H2,1H3. The topological polar surface area (TPSA) is 0 Å². The van der Waals surface area contributed by atoms with E-state index in [1.807, 2.05) is 28.7 Å². The van der Waals surface area contributed by atoms with Crippen molar-refractivity contribution in [2.75, 3.05) is 0 Å². The first-order chi connectivity index (χ1) is 10.3. The number of benzene rings is 2. The molecule has 0 unspecified atom stereocenters. The molecule has 0 radical (unpaired) electrons. The molecule has 4 aromatic rings. The molecule has 21 heavy (non-hydrogen) atoms. The molecule has 0 N–H and O–H groups in total. The first-order valence-corrected chi connectivity index (χ1v) is 8.57. The Morgan fingerprint density at radius 2 is 1.43 bits per heavy atom. The molecule has 2 aromatic heterocycles. The second kappa shape index (κ2) is 4.83. The van der Waals surface area contributed by atoms with Crippen LogP contribution < -0.4 is 0 Å². The van der Waals surface area contributed by atoms with Crippen molar-refractivity contribution in [2.24, 2.45) is 0 Å². The quantitative estimate of drug-likeness (QED) is 0.376. The number of fused-ring (bicyclic) bond motifs is 5. The first-order valence-electron chi connectivity index (χ1n) is 6.94. The number of thiophene rings is 2. The summed E-state index contributed by atoms with van der Waals surface area (Å²) in [6, 6.07) is 13.4. The van der Waals surface area contributed by atoms with E-state index in [-0.39, 0.29) is 0 Å². The predicted molar refractivity (Wildman–Crippen MR) is 99.5 cm³/mol. The zero-order valence-corrected chi connectivity index (χ0v) is 13.4. The Morgan fingerprint density at radius 3 is 2.00 bits per heavy atom. The lowest BCUT2D eigenvalue weighted by Gasteiger charge is -1.95. The Morgan fingerprint density at radius 1 is 0.857 bits per heavy atom. The molecular formula is C19H14S2. The van der Waals surface area contributed by atoms with Gasteiger partial charge in [-0.15, -0.1) is 22.7 Å². The molecule has 102 valence electrons. The van der Waals surface area contributed by atoms with E-state index >= 15 is 0 Å². The average Bonchev–Trinajstić information content (AvgIpc) is 3.02. The summed E-state index contributed by atoms with van der Waals surface area (Å²) in [5, 5.41) is 2.75. The third-order valence-electron chi connectivity index (χ3n) is 3.73. The zero-order chi connectivity index (χ0) is 14.4. The number of hydrogen-bond acceptors (Lipinski definition) is 2. The molecule has 0 fully saturated rings. The van der Waals surface area contributed by atoms with Crippen molar-refractivity contribution >= 4 is 64.4 Å². The van der Waals surface area contributed by atoms with Crippen LogP contribution in [0.1, 0.15) is 18.1 Å². The van der Waals surface area contributed by atoms with E-state index in [2.05, 4.69) is 62.1 Å². The van der Waals surface area contributed by atoms with Gasteiger partial charge in [-0.25, -0.2) is 0 Å². The van der Waals surface area contributed by atoms with Crippen molar-refractivity contribution < 1.29 is 0 Å². The van der Waals surface area contributed by atoms with Gasteiger partial charge in [-0.3, -0.25) is 0 Å². The van der Waals surface area contributed by atoms with Gasteiger partial charge in [-0.2, -0.15) is 0 Å². The minimum absolute atomic E-state index is 1.19. The van der Waals surface area contributed by atoms with Gasteiger partial charge in [0.15, 0.2) is 0 Å². The molecule has 0 atom stereocenters. The Bertz CT molecular complexity index is 1010. The van der Waals surface area contributed by atoms with Gasteiger partial charge in [0.1, 0.15) is 0 Å². The van der Waals surface area contributed by atoms with Crippen molar-refractivity contribution in [1.82, 2.24) is 0 Å². The second-order valence-electron chi connectivity index (χ2n) is 5.08. The molecule has 0 saturated heterocycles. The number of hydrogen-bond donors (Lipinski definition) is 0. The molecule has 0 aliphatic rings. The van der Waals surface area contributed by atoms with Crippen LogP contribution in [-0.4, -0.2) is 0 Å². The third-order valence-corrected chi connectivity index (χ3v) is 6.23. The van der Waals surface area contributed by atoms with E-state index < -0.39 is 0 Å². The van der Waals surface area contributed by atoms with E-state index in [1.165, 1.54) is 40.7 Å². The Balaban J connectivity index is 2.06. The summed E-state index contributed by atoms with van der Waals surface area (Å²) in [5.74, 6) is 0. The van der Waals surface area contributed by atoms with Crippen LogP contribution >= 0.6 is 22.7 Å². The average molecular weight is 306 g/mol. The van der Waals surface area contributed by atoms with Gasteiger partial charge in [-0.05, 0) is 30.2 Å². The molecule has 2 heteroatoms. The molecule has 2 heterocycles. The molecular weight excluding hydrogens is 292 g/mol. The predicted octanol–water partition coefficient (Wildman–Crippen LogP) is 6.95. The SMILES string of the molecule is C=Cc1ccc2c(c1)sc1c3ccc(C=CC)cc3sc21. The van der Waals surface area contributed by atoms with Crippen LogP contribution in [0.5, 0.6) is 0 Å². The fraction of sp³-hybridized carbons (Fsp3) is 0.0526. The summed E-state index contributed by atoms with van der Waals surface area (Å²) >= 11 is 3.79. The molecule has 2 aromatic carbocycles. The van der Waals surface area contributed by atoms with Crippen LogP contribution in [0.25, 0.3) is 41.7 Å². The van der Waals surface area contributed by atoms with Crippen LogP contribution in [0.3, 0.4) is 0 Å². The maximum Gasteiger partial charge on any atom is 0.0542 e. The number of allylic oxidation sites excluding steroid dienone is 1. The Labute approximate surface area is 131 Å². The normalized spacial score (nSPS) is 12.0. The van der Waals surface area contributed by atoms with E-state index in [1.54, 1.807) is 0 Å². The Hall–Kier alpha value is -1.90.